The smallest absolute Gasteiger partial charge is 0.275 e. The summed E-state index contributed by atoms with van der Waals surface area (Å²) in [5.41, 5.74) is 10.4. The Morgan fingerprint density at radius 3 is 2.55 bits per heavy atom. The molecule has 194 valence electrons. The third kappa shape index (κ3) is 5.11. The van der Waals surface area contributed by atoms with E-state index < -0.39 is 6.17 Å². The van der Waals surface area contributed by atoms with Crippen LogP contribution in [0.25, 0.3) is 11.1 Å². The number of nitrogens with two attached hydrogens (primary N) is 2. The molecule has 1 fully saturated rings. The number of para-hydroxylation sites is 1. The minimum Gasteiger partial charge on any atom is -0.430 e. The average molecular weight is 514 g/mol. The van der Waals surface area contributed by atoms with E-state index in [2.05, 4.69) is 25.0 Å². The number of hydrogen-bond acceptors (Lipinski definition) is 10. The van der Waals surface area contributed by atoms with E-state index in [0.29, 0.717) is 24.7 Å². The quantitative estimate of drug-likeness (QED) is 0.184. The number of rotatable bonds is 3. The van der Waals surface area contributed by atoms with E-state index in [1.165, 1.54) is 0 Å². The molecular formula is C27H27N7O4. The molecule has 38 heavy (non-hydrogen) atoms. The van der Waals surface area contributed by atoms with Crippen LogP contribution in [0.3, 0.4) is 0 Å². The number of nitrogens with one attached hydrogen (secondary N) is 2. The molecule has 4 aromatic rings. The van der Waals surface area contributed by atoms with Crippen LogP contribution in [0.2, 0.25) is 0 Å². The summed E-state index contributed by atoms with van der Waals surface area (Å²) in [6.45, 7) is 2.75. The van der Waals surface area contributed by atoms with Gasteiger partial charge in [-0.1, -0.05) is 48.5 Å². The van der Waals surface area contributed by atoms with Crippen molar-refractivity contribution >= 4 is 40.0 Å². The molecule has 0 aliphatic carbocycles. The highest BCUT2D eigenvalue weighted by Gasteiger charge is 2.26. The Balaban J connectivity index is 0.000000155. The number of benzene rings is 2. The fourth-order valence-corrected chi connectivity index (χ4v) is 4.33. The number of morpholine rings is 1. The van der Waals surface area contributed by atoms with E-state index in [1.807, 2.05) is 66.7 Å². The van der Waals surface area contributed by atoms with Gasteiger partial charge in [0.25, 0.3) is 11.8 Å². The van der Waals surface area contributed by atoms with E-state index in [4.69, 9.17) is 26.2 Å². The topological polar surface area (TPSA) is 165 Å². The molecule has 2 aromatic carbocycles. The first-order valence-corrected chi connectivity index (χ1v) is 12.0. The molecule has 6 N–H and O–H groups in total. The molecule has 2 aliphatic rings. The zero-order valence-corrected chi connectivity index (χ0v) is 20.5. The second-order valence-corrected chi connectivity index (χ2v) is 8.51. The van der Waals surface area contributed by atoms with Crippen molar-refractivity contribution in [3.8, 4) is 0 Å². The number of pyridine rings is 1. The summed E-state index contributed by atoms with van der Waals surface area (Å²) < 4.78 is 10.9. The van der Waals surface area contributed by atoms with Crippen LogP contribution in [-0.4, -0.2) is 55.0 Å². The Bertz CT molecular complexity index is 1480. The fourth-order valence-electron chi connectivity index (χ4n) is 4.33. The molecule has 1 unspecified atom stereocenters. The van der Waals surface area contributed by atoms with Crippen molar-refractivity contribution in [2.45, 2.75) is 6.17 Å². The lowest BCUT2D eigenvalue weighted by molar-refractivity contribution is -0.117. The van der Waals surface area contributed by atoms with Gasteiger partial charge in [-0.05, 0) is 18.2 Å². The Morgan fingerprint density at radius 2 is 1.79 bits per heavy atom. The zero-order chi connectivity index (χ0) is 26.5. The first-order chi connectivity index (χ1) is 18.6. The van der Waals surface area contributed by atoms with Gasteiger partial charge in [0.05, 0.1) is 35.7 Å². The van der Waals surface area contributed by atoms with Gasteiger partial charge in [0, 0.05) is 30.4 Å². The lowest BCUT2D eigenvalue weighted by Crippen LogP contribution is -2.37. The highest BCUT2D eigenvalue weighted by atomic mass is 16.6. The third-order valence-electron chi connectivity index (χ3n) is 6.12. The van der Waals surface area contributed by atoms with Crippen molar-refractivity contribution in [1.29, 1.82) is 5.41 Å². The van der Waals surface area contributed by atoms with E-state index in [9.17, 15) is 4.79 Å². The average Bonchev–Trinajstić information content (AvgIpc) is 3.31. The molecular weight excluding hydrogens is 486 g/mol. The Morgan fingerprint density at radius 1 is 1.05 bits per heavy atom. The number of furan rings is 1. The molecule has 0 saturated carbocycles. The van der Waals surface area contributed by atoms with Gasteiger partial charge in [-0.25, -0.2) is 4.98 Å². The maximum absolute atomic E-state index is 11.8. The Kier molecular flexibility index (Phi) is 7.40. The highest BCUT2D eigenvalue weighted by Crippen LogP contribution is 2.33. The van der Waals surface area contributed by atoms with Crippen LogP contribution in [0.15, 0.2) is 82.3 Å². The van der Waals surface area contributed by atoms with Crippen molar-refractivity contribution in [3.05, 3.63) is 89.8 Å². The minimum atomic E-state index is -0.886. The minimum absolute atomic E-state index is 0.209. The van der Waals surface area contributed by atoms with Gasteiger partial charge in [0.1, 0.15) is 0 Å². The number of carbonyl (C=O) groups is 1. The fraction of sp³-hybridized carbons (Fsp3) is 0.185. The second-order valence-electron chi connectivity index (χ2n) is 8.51. The van der Waals surface area contributed by atoms with Crippen LogP contribution in [-0.2, 0) is 14.4 Å². The van der Waals surface area contributed by atoms with Crippen LogP contribution in [0, 0.1) is 5.41 Å². The third-order valence-corrected chi connectivity index (χ3v) is 6.12. The molecule has 2 aliphatic heterocycles. The molecule has 1 amide bonds. The van der Waals surface area contributed by atoms with Gasteiger partial charge in [0.2, 0.25) is 11.5 Å². The number of aromatic nitrogens is 1. The molecule has 1 saturated heterocycles. The van der Waals surface area contributed by atoms with Crippen LogP contribution in [0.4, 0.5) is 11.4 Å². The molecule has 1 atom stereocenters. The number of benzodiazepines with no additional fused rings is 1. The SMILES string of the molecule is N=C(ON)c1oc2ncccc2c1N1CCOCC1.NC1N=C(c2ccccc2)c2ccccc2NC1=O. The van der Waals surface area contributed by atoms with Crippen LogP contribution in [0.1, 0.15) is 16.9 Å². The number of aliphatic imine (C=N–C) groups is 1. The normalized spacial score (nSPS) is 16.9. The van der Waals surface area contributed by atoms with Gasteiger partial charge in [-0.3, -0.25) is 15.2 Å². The second kappa shape index (κ2) is 11.2. The maximum atomic E-state index is 11.8. The summed E-state index contributed by atoms with van der Waals surface area (Å²) in [6.07, 6.45) is 0.758. The number of carbonyl (C=O) groups excluding carboxylic acids is 1. The predicted molar refractivity (Wildman–Crippen MR) is 144 cm³/mol. The highest BCUT2D eigenvalue weighted by molar-refractivity contribution is 6.19. The van der Waals surface area contributed by atoms with Crippen LogP contribution < -0.4 is 21.8 Å². The zero-order valence-electron chi connectivity index (χ0n) is 20.5. The first kappa shape index (κ1) is 25.1. The molecule has 2 aromatic heterocycles. The number of amides is 1. The largest absolute Gasteiger partial charge is 0.430 e. The van der Waals surface area contributed by atoms with E-state index in [0.717, 1.165) is 46.7 Å². The number of anilines is 2. The predicted octanol–water partition coefficient (Wildman–Crippen LogP) is 2.64. The number of fused-ring (bicyclic) bond motifs is 2. The first-order valence-electron chi connectivity index (χ1n) is 12.0. The van der Waals surface area contributed by atoms with Gasteiger partial charge in [0.15, 0.2) is 6.17 Å². The van der Waals surface area contributed by atoms with Crippen molar-refractivity contribution in [3.63, 3.8) is 0 Å². The van der Waals surface area contributed by atoms with Gasteiger partial charge in [-0.15, -0.1) is 0 Å². The standard InChI is InChI=1S/C15H13N3O.C12H14N4O3/c16-14-15(19)17-12-9-5-4-8-11(12)13(18-14)10-6-2-1-3-7-10;13-11(19-14)10-9(16-4-6-17-7-5-16)8-2-1-3-15-12(8)18-10/h1-9,14H,16H2,(H,17,19);1-3,13H,4-7,14H2. The monoisotopic (exact) mass is 513 g/mol. The van der Waals surface area contributed by atoms with Gasteiger partial charge >= 0.3 is 0 Å². The van der Waals surface area contributed by atoms with E-state index >= 15 is 0 Å². The summed E-state index contributed by atoms with van der Waals surface area (Å²) in [5.74, 6) is 4.88. The van der Waals surface area contributed by atoms with Crippen LogP contribution >= 0.6 is 0 Å². The van der Waals surface area contributed by atoms with Gasteiger partial charge < -0.3 is 29.9 Å². The molecule has 6 rings (SSSR count). The van der Waals surface area contributed by atoms with Crippen LogP contribution in [0.5, 0.6) is 0 Å². The number of hydrogen-bond donors (Lipinski definition) is 4. The summed E-state index contributed by atoms with van der Waals surface area (Å²) in [4.78, 5) is 26.9. The Hall–Kier alpha value is -4.58. The van der Waals surface area contributed by atoms with E-state index in [-0.39, 0.29) is 11.8 Å². The molecule has 0 radical (unpaired) electrons. The van der Waals surface area contributed by atoms with Crippen molar-refractivity contribution in [1.82, 2.24) is 4.98 Å². The van der Waals surface area contributed by atoms with Crippen molar-refractivity contribution in [2.75, 3.05) is 36.5 Å². The molecule has 0 bridgehead atoms. The lowest BCUT2D eigenvalue weighted by Gasteiger charge is -2.28. The van der Waals surface area contributed by atoms with Gasteiger partial charge in [-0.2, -0.15) is 5.90 Å². The van der Waals surface area contributed by atoms with Crippen molar-refractivity contribution < 1.29 is 18.8 Å². The summed E-state index contributed by atoms with van der Waals surface area (Å²) in [7, 11) is 0. The lowest BCUT2D eigenvalue weighted by atomic mass is 10.0. The van der Waals surface area contributed by atoms with Crippen molar-refractivity contribution in [2.24, 2.45) is 16.6 Å². The molecule has 11 heteroatoms. The molecule has 11 nitrogen and oxygen atoms in total. The van der Waals surface area contributed by atoms with E-state index in [1.54, 1.807) is 6.20 Å². The molecule has 0 spiro atoms. The summed E-state index contributed by atoms with van der Waals surface area (Å²) in [6, 6.07) is 21.0. The molecule has 4 heterocycles. The Labute approximate surface area is 218 Å². The number of ether oxygens (including phenoxy) is 1. The maximum Gasteiger partial charge on any atom is 0.275 e. The summed E-state index contributed by atoms with van der Waals surface area (Å²) in [5, 5.41) is 11.4. The number of nitrogens with zero attached hydrogens (tertiary/aromatic N) is 3. The summed E-state index contributed by atoms with van der Waals surface area (Å²) >= 11 is 0.